The Morgan fingerprint density at radius 1 is 1.00 bits per heavy atom. The lowest BCUT2D eigenvalue weighted by molar-refractivity contribution is 0.415. The Morgan fingerprint density at radius 3 is 2.35 bits per heavy atom. The number of benzene rings is 2. The molecule has 4 rings (SSSR count). The molecule has 4 aromatic rings. The van der Waals surface area contributed by atoms with E-state index in [4.69, 9.17) is 22.1 Å². The first-order chi connectivity index (χ1) is 12.6. The smallest absolute Gasteiger partial charge is 0.212 e. The van der Waals surface area contributed by atoms with Crippen LogP contribution < -0.4 is 10.5 Å². The maximum Gasteiger partial charge on any atom is 0.212 e. The molecule has 0 spiro atoms. The number of hydrogen-bond donors (Lipinski definition) is 1. The van der Waals surface area contributed by atoms with Crippen molar-refractivity contribution in [2.24, 2.45) is 0 Å². The molecule has 0 fully saturated rings. The average molecular weight is 383 g/mol. The van der Waals surface area contributed by atoms with Crippen LogP contribution in [0, 0.1) is 0 Å². The van der Waals surface area contributed by atoms with Gasteiger partial charge in [-0.3, -0.25) is 0 Å². The standard InChI is InChI=1S/C19H15ClN4OS/c1-25-15-8-4-13(5-9-15)17-11-26-19(22-17)24-18(21)10-16(23-24)12-2-6-14(20)7-3-12/h2-11H,21H2,1H3. The highest BCUT2D eigenvalue weighted by Crippen LogP contribution is 2.29. The van der Waals surface area contributed by atoms with Gasteiger partial charge in [-0.2, -0.15) is 9.78 Å². The summed E-state index contributed by atoms with van der Waals surface area (Å²) in [4.78, 5) is 4.67. The van der Waals surface area contributed by atoms with Gasteiger partial charge >= 0.3 is 0 Å². The van der Waals surface area contributed by atoms with E-state index < -0.39 is 0 Å². The summed E-state index contributed by atoms with van der Waals surface area (Å²) >= 11 is 7.43. The van der Waals surface area contributed by atoms with Crippen molar-refractivity contribution in [1.29, 1.82) is 0 Å². The third-order valence-corrected chi connectivity index (χ3v) is 5.00. The zero-order valence-electron chi connectivity index (χ0n) is 13.9. The van der Waals surface area contributed by atoms with Crippen LogP contribution in [0.1, 0.15) is 0 Å². The van der Waals surface area contributed by atoms with Crippen molar-refractivity contribution in [2.45, 2.75) is 0 Å². The number of rotatable bonds is 4. The molecule has 2 N–H and O–H groups in total. The van der Waals surface area contributed by atoms with Gasteiger partial charge in [0.1, 0.15) is 11.6 Å². The number of hydrogen-bond acceptors (Lipinski definition) is 5. The van der Waals surface area contributed by atoms with Crippen molar-refractivity contribution in [1.82, 2.24) is 14.8 Å². The molecule has 2 aromatic carbocycles. The Hall–Kier alpha value is -2.83. The number of halogens is 1. The summed E-state index contributed by atoms with van der Waals surface area (Å²) in [6.07, 6.45) is 0. The van der Waals surface area contributed by atoms with E-state index in [1.165, 1.54) is 11.3 Å². The van der Waals surface area contributed by atoms with Crippen LogP contribution in [-0.2, 0) is 0 Å². The van der Waals surface area contributed by atoms with Crippen LogP contribution in [-0.4, -0.2) is 21.9 Å². The van der Waals surface area contributed by atoms with E-state index in [1.54, 1.807) is 11.8 Å². The number of nitrogen functional groups attached to an aromatic ring is 1. The second-order valence-electron chi connectivity index (χ2n) is 5.62. The zero-order valence-corrected chi connectivity index (χ0v) is 15.5. The molecule has 0 amide bonds. The SMILES string of the molecule is COc1ccc(-c2csc(-n3nc(-c4ccc(Cl)cc4)cc3N)n2)cc1. The predicted molar refractivity (Wildman–Crippen MR) is 106 cm³/mol. The summed E-state index contributed by atoms with van der Waals surface area (Å²) in [5.74, 6) is 1.35. The van der Waals surface area contributed by atoms with Crippen molar-refractivity contribution < 1.29 is 4.74 Å². The third kappa shape index (κ3) is 3.16. The van der Waals surface area contributed by atoms with E-state index in [0.717, 1.165) is 28.3 Å². The van der Waals surface area contributed by atoms with Gasteiger partial charge in [0.25, 0.3) is 0 Å². The highest BCUT2D eigenvalue weighted by molar-refractivity contribution is 7.12. The average Bonchev–Trinajstić information content (AvgIpc) is 3.29. The number of nitrogens with two attached hydrogens (primary N) is 1. The Morgan fingerprint density at radius 2 is 1.65 bits per heavy atom. The van der Waals surface area contributed by atoms with E-state index in [1.807, 2.05) is 60.0 Å². The Kier molecular flexibility index (Phi) is 4.36. The molecule has 130 valence electrons. The topological polar surface area (TPSA) is 66.0 Å². The van der Waals surface area contributed by atoms with Gasteiger partial charge in [0.15, 0.2) is 0 Å². The predicted octanol–water partition coefficient (Wildman–Crippen LogP) is 4.91. The Balaban J connectivity index is 1.66. The Bertz CT molecular complexity index is 1040. The maximum atomic E-state index is 6.15. The van der Waals surface area contributed by atoms with Crippen molar-refractivity contribution in [2.75, 3.05) is 12.8 Å². The minimum absolute atomic E-state index is 0.533. The fourth-order valence-electron chi connectivity index (χ4n) is 2.57. The van der Waals surface area contributed by atoms with E-state index in [-0.39, 0.29) is 0 Å². The van der Waals surface area contributed by atoms with Gasteiger partial charge in [0.2, 0.25) is 5.13 Å². The van der Waals surface area contributed by atoms with Crippen LogP contribution in [0.25, 0.3) is 27.6 Å². The quantitative estimate of drug-likeness (QED) is 0.544. The molecule has 0 atom stereocenters. The molecule has 0 aliphatic carbocycles. The molecule has 26 heavy (non-hydrogen) atoms. The minimum atomic E-state index is 0.533. The van der Waals surface area contributed by atoms with Gasteiger partial charge in [-0.15, -0.1) is 11.3 Å². The number of anilines is 1. The van der Waals surface area contributed by atoms with Gasteiger partial charge in [0.05, 0.1) is 18.5 Å². The highest BCUT2D eigenvalue weighted by Gasteiger charge is 2.13. The first-order valence-electron chi connectivity index (χ1n) is 7.86. The first kappa shape index (κ1) is 16.6. The second kappa shape index (κ2) is 6.82. The largest absolute Gasteiger partial charge is 0.497 e. The summed E-state index contributed by atoms with van der Waals surface area (Å²) in [6, 6.07) is 17.1. The summed E-state index contributed by atoms with van der Waals surface area (Å²) in [5.41, 5.74) is 9.76. The van der Waals surface area contributed by atoms with Crippen molar-refractivity contribution in [3.63, 3.8) is 0 Å². The first-order valence-corrected chi connectivity index (χ1v) is 9.11. The van der Waals surface area contributed by atoms with Crippen LogP contribution >= 0.6 is 22.9 Å². The van der Waals surface area contributed by atoms with Crippen LogP contribution in [0.3, 0.4) is 0 Å². The molecule has 0 aliphatic heterocycles. The number of ether oxygens (including phenoxy) is 1. The van der Waals surface area contributed by atoms with E-state index in [9.17, 15) is 0 Å². The van der Waals surface area contributed by atoms with Crippen molar-refractivity contribution >= 4 is 28.8 Å². The monoisotopic (exact) mass is 382 g/mol. The molecule has 0 unspecified atom stereocenters. The number of methoxy groups -OCH3 is 1. The van der Waals surface area contributed by atoms with Gasteiger partial charge in [0, 0.05) is 27.6 Å². The molecule has 7 heteroatoms. The van der Waals surface area contributed by atoms with E-state index in [0.29, 0.717) is 16.0 Å². The van der Waals surface area contributed by atoms with Gasteiger partial charge < -0.3 is 10.5 Å². The normalized spacial score (nSPS) is 10.8. The lowest BCUT2D eigenvalue weighted by Crippen LogP contribution is -2.01. The number of nitrogens with zero attached hydrogens (tertiary/aromatic N) is 3. The number of aromatic nitrogens is 3. The highest BCUT2D eigenvalue weighted by atomic mass is 35.5. The van der Waals surface area contributed by atoms with Gasteiger partial charge in [-0.25, -0.2) is 4.98 Å². The van der Waals surface area contributed by atoms with Gasteiger partial charge in [-0.1, -0.05) is 23.7 Å². The summed E-state index contributed by atoms with van der Waals surface area (Å²) in [5, 5.41) is 7.98. The lowest BCUT2D eigenvalue weighted by atomic mass is 10.1. The molecule has 2 heterocycles. The molecule has 0 saturated carbocycles. The summed E-state index contributed by atoms with van der Waals surface area (Å²) in [7, 11) is 1.65. The molecular weight excluding hydrogens is 368 g/mol. The summed E-state index contributed by atoms with van der Waals surface area (Å²) < 4.78 is 6.85. The molecule has 0 radical (unpaired) electrons. The van der Waals surface area contributed by atoms with Crippen molar-refractivity contribution in [3.8, 4) is 33.4 Å². The van der Waals surface area contributed by atoms with Gasteiger partial charge in [-0.05, 0) is 36.4 Å². The number of thiazole rings is 1. The van der Waals surface area contributed by atoms with Crippen LogP contribution in [0.15, 0.2) is 60.0 Å². The lowest BCUT2D eigenvalue weighted by Gasteiger charge is -2.01. The fourth-order valence-corrected chi connectivity index (χ4v) is 3.50. The fraction of sp³-hybridized carbons (Fsp3) is 0.0526. The maximum absolute atomic E-state index is 6.15. The molecule has 5 nitrogen and oxygen atoms in total. The van der Waals surface area contributed by atoms with E-state index >= 15 is 0 Å². The summed E-state index contributed by atoms with van der Waals surface area (Å²) in [6.45, 7) is 0. The molecule has 0 aliphatic rings. The molecule has 0 bridgehead atoms. The molecule has 2 aromatic heterocycles. The molecule has 0 saturated heterocycles. The van der Waals surface area contributed by atoms with E-state index in [2.05, 4.69) is 10.1 Å². The zero-order chi connectivity index (χ0) is 18.1. The third-order valence-electron chi connectivity index (χ3n) is 3.94. The van der Waals surface area contributed by atoms with Crippen molar-refractivity contribution in [3.05, 3.63) is 65.0 Å². The van der Waals surface area contributed by atoms with Crippen LogP contribution in [0.4, 0.5) is 5.82 Å². The molecular formula is C19H15ClN4OS. The minimum Gasteiger partial charge on any atom is -0.497 e. The second-order valence-corrected chi connectivity index (χ2v) is 6.89. The van der Waals surface area contributed by atoms with Crippen LogP contribution in [0.2, 0.25) is 5.02 Å². The van der Waals surface area contributed by atoms with Crippen LogP contribution in [0.5, 0.6) is 5.75 Å². The Labute approximate surface area is 159 Å².